The molecule has 148 valence electrons. The summed E-state index contributed by atoms with van der Waals surface area (Å²) in [5.74, 6) is 0.147. The van der Waals surface area contributed by atoms with Gasteiger partial charge in [-0.2, -0.15) is 5.10 Å². The Morgan fingerprint density at radius 3 is 2.78 bits per heavy atom. The van der Waals surface area contributed by atoms with Crippen LogP contribution in [0.4, 0.5) is 0 Å². The average Bonchev–Trinajstić information content (AvgIpc) is 3.28. The largest absolute Gasteiger partial charge is 0.376 e. The van der Waals surface area contributed by atoms with E-state index in [1.807, 2.05) is 9.80 Å². The summed E-state index contributed by atoms with van der Waals surface area (Å²) in [5, 5.41) is 4.59. The molecule has 0 N–H and O–H groups in total. The van der Waals surface area contributed by atoms with E-state index >= 15 is 0 Å². The molecule has 2 amide bonds. The van der Waals surface area contributed by atoms with Crippen LogP contribution in [-0.2, 0) is 16.6 Å². The first-order chi connectivity index (χ1) is 13.0. The number of amides is 2. The Bertz CT molecular complexity index is 721. The highest BCUT2D eigenvalue weighted by Crippen LogP contribution is 2.40. The van der Waals surface area contributed by atoms with E-state index in [0.29, 0.717) is 36.8 Å². The van der Waals surface area contributed by atoms with Crippen LogP contribution in [0, 0.1) is 5.41 Å². The third-order valence-corrected chi connectivity index (χ3v) is 6.57. The van der Waals surface area contributed by atoms with Crippen molar-refractivity contribution in [2.24, 2.45) is 12.5 Å². The SMILES string of the molecule is Cn1cc(Cl)c(C(=O)N2CCC3(CCC(=O)N(CC4CCCO4)C3)CC2)n1. The first-order valence-corrected chi connectivity index (χ1v) is 10.2. The topological polar surface area (TPSA) is 67.7 Å². The zero-order chi connectivity index (χ0) is 19.0. The lowest BCUT2D eigenvalue weighted by Gasteiger charge is -2.47. The Hall–Kier alpha value is -1.60. The van der Waals surface area contributed by atoms with Crippen LogP contribution in [-0.4, -0.2) is 70.3 Å². The molecule has 4 rings (SSSR count). The monoisotopic (exact) mass is 394 g/mol. The fraction of sp³-hybridized carbons (Fsp3) is 0.737. The van der Waals surface area contributed by atoms with Crippen LogP contribution in [0.2, 0.25) is 5.02 Å². The van der Waals surface area contributed by atoms with Crippen molar-refractivity contribution < 1.29 is 14.3 Å². The zero-order valence-electron chi connectivity index (χ0n) is 15.8. The Kier molecular flexibility index (Phi) is 5.16. The molecule has 0 saturated carbocycles. The zero-order valence-corrected chi connectivity index (χ0v) is 16.6. The number of carbonyl (C=O) groups excluding carboxylic acids is 2. The summed E-state index contributed by atoms with van der Waals surface area (Å²) in [6, 6.07) is 0. The van der Waals surface area contributed by atoms with Gasteiger partial charge < -0.3 is 14.5 Å². The lowest BCUT2D eigenvalue weighted by atomic mass is 9.72. The molecule has 0 bridgehead atoms. The maximum atomic E-state index is 12.7. The van der Waals surface area contributed by atoms with E-state index in [9.17, 15) is 9.59 Å². The molecular formula is C19H27ClN4O3. The number of halogens is 1. The van der Waals surface area contributed by atoms with Gasteiger partial charge in [0.2, 0.25) is 5.91 Å². The predicted octanol–water partition coefficient (Wildman–Crippen LogP) is 2.10. The van der Waals surface area contributed by atoms with E-state index in [4.69, 9.17) is 16.3 Å². The summed E-state index contributed by atoms with van der Waals surface area (Å²) < 4.78 is 7.29. The van der Waals surface area contributed by atoms with E-state index in [2.05, 4.69) is 5.10 Å². The fourth-order valence-electron chi connectivity index (χ4n) is 4.65. The number of carbonyl (C=O) groups is 2. The number of aryl methyl sites for hydroxylation is 1. The molecule has 1 atom stereocenters. The van der Waals surface area contributed by atoms with Gasteiger partial charge in [-0.3, -0.25) is 14.3 Å². The molecule has 27 heavy (non-hydrogen) atoms. The summed E-state index contributed by atoms with van der Waals surface area (Å²) in [4.78, 5) is 29.0. The molecule has 1 aromatic heterocycles. The van der Waals surface area contributed by atoms with E-state index in [1.165, 1.54) is 0 Å². The number of piperidine rings is 2. The number of likely N-dealkylation sites (tertiary alicyclic amines) is 2. The lowest BCUT2D eigenvalue weighted by Crippen LogP contribution is -2.53. The highest BCUT2D eigenvalue weighted by Gasteiger charge is 2.42. The number of hydrogen-bond acceptors (Lipinski definition) is 4. The normalized spacial score (nSPS) is 25.4. The third kappa shape index (κ3) is 3.85. The third-order valence-electron chi connectivity index (χ3n) is 6.29. The minimum absolute atomic E-state index is 0.0986. The molecule has 3 fully saturated rings. The van der Waals surface area contributed by atoms with E-state index < -0.39 is 0 Å². The predicted molar refractivity (Wildman–Crippen MR) is 101 cm³/mol. The number of aromatic nitrogens is 2. The second-order valence-corrected chi connectivity index (χ2v) is 8.61. The number of rotatable bonds is 3. The molecule has 3 saturated heterocycles. The highest BCUT2D eigenvalue weighted by atomic mass is 35.5. The molecule has 4 heterocycles. The van der Waals surface area contributed by atoms with Gasteiger partial charge >= 0.3 is 0 Å². The van der Waals surface area contributed by atoms with Crippen molar-refractivity contribution in [3.05, 3.63) is 16.9 Å². The fourth-order valence-corrected chi connectivity index (χ4v) is 4.91. The van der Waals surface area contributed by atoms with Crippen molar-refractivity contribution in [2.75, 3.05) is 32.8 Å². The van der Waals surface area contributed by atoms with Crippen LogP contribution in [0.3, 0.4) is 0 Å². The molecule has 0 aromatic carbocycles. The number of ether oxygens (including phenoxy) is 1. The maximum absolute atomic E-state index is 12.7. The minimum Gasteiger partial charge on any atom is -0.376 e. The second kappa shape index (κ2) is 7.43. The molecule has 1 unspecified atom stereocenters. The van der Waals surface area contributed by atoms with Gasteiger partial charge in [0.05, 0.1) is 11.1 Å². The summed E-state index contributed by atoms with van der Waals surface area (Å²) in [5.41, 5.74) is 0.450. The van der Waals surface area contributed by atoms with Crippen molar-refractivity contribution in [3.8, 4) is 0 Å². The van der Waals surface area contributed by atoms with Gasteiger partial charge in [0.25, 0.3) is 5.91 Å². The summed E-state index contributed by atoms with van der Waals surface area (Å²) in [7, 11) is 1.76. The maximum Gasteiger partial charge on any atom is 0.275 e. The van der Waals surface area contributed by atoms with Gasteiger partial charge in [0.15, 0.2) is 5.69 Å². The highest BCUT2D eigenvalue weighted by molar-refractivity contribution is 6.33. The summed E-state index contributed by atoms with van der Waals surface area (Å²) in [6.45, 7) is 3.69. The minimum atomic E-state index is -0.0986. The van der Waals surface area contributed by atoms with Crippen LogP contribution in [0.15, 0.2) is 6.20 Å². The van der Waals surface area contributed by atoms with Gasteiger partial charge in [0, 0.05) is 52.5 Å². The Labute approximate surface area is 164 Å². The van der Waals surface area contributed by atoms with Gasteiger partial charge in [0.1, 0.15) is 0 Å². The van der Waals surface area contributed by atoms with Crippen molar-refractivity contribution in [1.29, 1.82) is 0 Å². The van der Waals surface area contributed by atoms with Gasteiger partial charge in [-0.15, -0.1) is 0 Å². The van der Waals surface area contributed by atoms with E-state index in [-0.39, 0.29) is 23.3 Å². The molecule has 0 radical (unpaired) electrons. The number of nitrogens with zero attached hydrogens (tertiary/aromatic N) is 4. The first-order valence-electron chi connectivity index (χ1n) is 9.84. The molecule has 7 nitrogen and oxygen atoms in total. The van der Waals surface area contributed by atoms with Crippen molar-refractivity contribution in [2.45, 2.75) is 44.6 Å². The molecule has 3 aliphatic rings. The Balaban J connectivity index is 1.37. The van der Waals surface area contributed by atoms with Gasteiger partial charge in [-0.05, 0) is 37.5 Å². The summed E-state index contributed by atoms with van der Waals surface area (Å²) >= 11 is 6.13. The molecule has 1 aromatic rings. The Morgan fingerprint density at radius 1 is 1.37 bits per heavy atom. The van der Waals surface area contributed by atoms with Crippen molar-refractivity contribution in [3.63, 3.8) is 0 Å². The molecular weight excluding hydrogens is 368 g/mol. The summed E-state index contributed by atoms with van der Waals surface area (Å²) in [6.07, 6.45) is 7.33. The average molecular weight is 395 g/mol. The Morgan fingerprint density at radius 2 is 2.15 bits per heavy atom. The molecule has 3 aliphatic heterocycles. The first kappa shape index (κ1) is 18.7. The van der Waals surface area contributed by atoms with Crippen LogP contribution in [0.25, 0.3) is 0 Å². The van der Waals surface area contributed by atoms with Crippen LogP contribution in [0.1, 0.15) is 49.0 Å². The van der Waals surface area contributed by atoms with Crippen molar-refractivity contribution >= 4 is 23.4 Å². The molecule has 0 aliphatic carbocycles. The number of hydrogen-bond donors (Lipinski definition) is 0. The standard InChI is InChI=1S/C19H27ClN4O3/c1-22-12-15(20)17(21-22)18(26)23-8-6-19(7-9-23)5-4-16(25)24(13-19)11-14-3-2-10-27-14/h12,14H,2-11,13H2,1H3. The van der Waals surface area contributed by atoms with E-state index in [0.717, 1.165) is 45.3 Å². The van der Waals surface area contributed by atoms with Gasteiger partial charge in [-0.25, -0.2) is 0 Å². The van der Waals surface area contributed by atoms with Crippen LogP contribution < -0.4 is 0 Å². The van der Waals surface area contributed by atoms with Gasteiger partial charge in [-0.1, -0.05) is 11.6 Å². The lowest BCUT2D eigenvalue weighted by molar-refractivity contribution is -0.141. The van der Waals surface area contributed by atoms with Crippen LogP contribution >= 0.6 is 11.6 Å². The smallest absolute Gasteiger partial charge is 0.275 e. The van der Waals surface area contributed by atoms with E-state index in [1.54, 1.807) is 17.9 Å². The second-order valence-electron chi connectivity index (χ2n) is 8.20. The molecule has 8 heteroatoms. The quantitative estimate of drug-likeness (QED) is 0.787. The van der Waals surface area contributed by atoms with Crippen LogP contribution in [0.5, 0.6) is 0 Å². The van der Waals surface area contributed by atoms with Crippen molar-refractivity contribution in [1.82, 2.24) is 19.6 Å². The molecule has 1 spiro atoms.